The lowest BCUT2D eigenvalue weighted by Crippen LogP contribution is -2.09. The number of hydrogen-bond acceptors (Lipinski definition) is 2. The van der Waals surface area contributed by atoms with Gasteiger partial charge in [-0.25, -0.2) is 0 Å². The van der Waals surface area contributed by atoms with E-state index in [2.05, 4.69) is 18.8 Å². The SMILES string of the molecule is CCc1ccc(C#CCC(O)CO)cc1. The van der Waals surface area contributed by atoms with Crippen molar-refractivity contribution >= 4 is 0 Å². The predicted octanol–water partition coefficient (Wildman–Crippen LogP) is 1.34. The van der Waals surface area contributed by atoms with E-state index in [4.69, 9.17) is 10.2 Å². The number of aryl methyl sites for hydroxylation is 1. The van der Waals surface area contributed by atoms with Crippen LogP contribution in [0, 0.1) is 11.8 Å². The molecule has 1 atom stereocenters. The van der Waals surface area contributed by atoms with Gasteiger partial charge in [-0.2, -0.15) is 0 Å². The first-order valence-corrected chi connectivity index (χ1v) is 5.13. The van der Waals surface area contributed by atoms with E-state index in [-0.39, 0.29) is 6.61 Å². The number of benzene rings is 1. The number of hydrogen-bond donors (Lipinski definition) is 2. The molecule has 0 saturated carbocycles. The lowest BCUT2D eigenvalue weighted by Gasteiger charge is -1.99. The monoisotopic (exact) mass is 204 g/mol. The van der Waals surface area contributed by atoms with Crippen molar-refractivity contribution in [2.45, 2.75) is 25.9 Å². The molecule has 1 unspecified atom stereocenters. The molecule has 2 heteroatoms. The Balaban J connectivity index is 2.56. The fourth-order valence-electron chi connectivity index (χ4n) is 1.16. The van der Waals surface area contributed by atoms with Crippen molar-refractivity contribution in [1.29, 1.82) is 0 Å². The molecule has 0 fully saturated rings. The molecule has 1 aromatic rings. The van der Waals surface area contributed by atoms with Crippen LogP contribution in [0.5, 0.6) is 0 Å². The Kier molecular flexibility index (Phi) is 4.89. The zero-order valence-electron chi connectivity index (χ0n) is 8.90. The second kappa shape index (κ2) is 6.23. The zero-order valence-corrected chi connectivity index (χ0v) is 8.90. The summed E-state index contributed by atoms with van der Waals surface area (Å²) in [6.45, 7) is 1.88. The average molecular weight is 204 g/mol. The van der Waals surface area contributed by atoms with Gasteiger partial charge in [-0.3, -0.25) is 0 Å². The highest BCUT2D eigenvalue weighted by Crippen LogP contribution is 2.03. The maximum Gasteiger partial charge on any atom is 0.0879 e. The summed E-state index contributed by atoms with van der Waals surface area (Å²) in [4.78, 5) is 0. The summed E-state index contributed by atoms with van der Waals surface area (Å²) in [6, 6.07) is 8.04. The van der Waals surface area contributed by atoms with Crippen molar-refractivity contribution in [3.8, 4) is 11.8 Å². The third-order valence-corrected chi connectivity index (χ3v) is 2.14. The summed E-state index contributed by atoms with van der Waals surface area (Å²) in [6.07, 6.45) is 0.607. The first kappa shape index (κ1) is 11.8. The average Bonchev–Trinajstić information content (AvgIpc) is 2.29. The van der Waals surface area contributed by atoms with Gasteiger partial charge in [0.2, 0.25) is 0 Å². The lowest BCUT2D eigenvalue weighted by atomic mass is 10.1. The molecule has 0 heterocycles. The maximum atomic E-state index is 9.07. The van der Waals surface area contributed by atoms with Crippen molar-refractivity contribution in [3.63, 3.8) is 0 Å². The molecule has 2 N–H and O–H groups in total. The van der Waals surface area contributed by atoms with Gasteiger partial charge in [0.25, 0.3) is 0 Å². The maximum absolute atomic E-state index is 9.07. The van der Waals surface area contributed by atoms with E-state index < -0.39 is 6.10 Å². The molecule has 0 bridgehead atoms. The van der Waals surface area contributed by atoms with Crippen molar-refractivity contribution in [1.82, 2.24) is 0 Å². The highest BCUT2D eigenvalue weighted by atomic mass is 16.3. The highest BCUT2D eigenvalue weighted by Gasteiger charge is 1.96. The molecule has 0 aliphatic carbocycles. The molecule has 0 aliphatic heterocycles. The van der Waals surface area contributed by atoms with Gasteiger partial charge in [-0.05, 0) is 24.1 Å². The largest absolute Gasteiger partial charge is 0.394 e. The summed E-state index contributed by atoms with van der Waals surface area (Å²) < 4.78 is 0. The van der Waals surface area contributed by atoms with Crippen LogP contribution in [0.15, 0.2) is 24.3 Å². The molecule has 15 heavy (non-hydrogen) atoms. The minimum absolute atomic E-state index is 0.233. The van der Waals surface area contributed by atoms with Gasteiger partial charge in [-0.15, -0.1) is 0 Å². The molecule has 1 rings (SSSR count). The van der Waals surface area contributed by atoms with Gasteiger partial charge in [0.05, 0.1) is 12.7 Å². The predicted molar refractivity (Wildman–Crippen MR) is 60.4 cm³/mol. The summed E-state index contributed by atoms with van der Waals surface area (Å²) in [7, 11) is 0. The van der Waals surface area contributed by atoms with Gasteiger partial charge in [0, 0.05) is 12.0 Å². The highest BCUT2D eigenvalue weighted by molar-refractivity contribution is 5.36. The molecule has 0 aromatic heterocycles. The van der Waals surface area contributed by atoms with Gasteiger partial charge in [0.15, 0.2) is 0 Å². The van der Waals surface area contributed by atoms with Gasteiger partial charge in [0.1, 0.15) is 0 Å². The quantitative estimate of drug-likeness (QED) is 0.729. The first-order valence-electron chi connectivity index (χ1n) is 5.13. The van der Waals surface area contributed by atoms with E-state index >= 15 is 0 Å². The van der Waals surface area contributed by atoms with Crippen LogP contribution < -0.4 is 0 Å². The third kappa shape index (κ3) is 4.16. The van der Waals surface area contributed by atoms with Crippen LogP contribution in [0.2, 0.25) is 0 Å². The van der Waals surface area contributed by atoms with E-state index in [1.807, 2.05) is 24.3 Å². The minimum Gasteiger partial charge on any atom is -0.394 e. The van der Waals surface area contributed by atoms with Crippen LogP contribution in [0.1, 0.15) is 24.5 Å². The Hall–Kier alpha value is -1.30. The third-order valence-electron chi connectivity index (χ3n) is 2.14. The van der Waals surface area contributed by atoms with E-state index in [1.165, 1.54) is 5.56 Å². The van der Waals surface area contributed by atoms with Gasteiger partial charge in [-0.1, -0.05) is 30.9 Å². The lowest BCUT2D eigenvalue weighted by molar-refractivity contribution is 0.0992. The van der Waals surface area contributed by atoms with E-state index in [1.54, 1.807) is 0 Å². The van der Waals surface area contributed by atoms with Crippen molar-refractivity contribution < 1.29 is 10.2 Å². The van der Waals surface area contributed by atoms with Gasteiger partial charge < -0.3 is 10.2 Å². The summed E-state index contributed by atoms with van der Waals surface area (Å²) >= 11 is 0. The molecule has 80 valence electrons. The molecule has 0 spiro atoms. The fourth-order valence-corrected chi connectivity index (χ4v) is 1.16. The number of aliphatic hydroxyl groups is 2. The van der Waals surface area contributed by atoms with Crippen molar-refractivity contribution in [3.05, 3.63) is 35.4 Å². The minimum atomic E-state index is -0.729. The van der Waals surface area contributed by atoms with Crippen molar-refractivity contribution in [2.75, 3.05) is 6.61 Å². The van der Waals surface area contributed by atoms with E-state index in [0.717, 1.165) is 12.0 Å². The van der Waals surface area contributed by atoms with Crippen LogP contribution in [0.25, 0.3) is 0 Å². The molecule has 0 saturated heterocycles. The van der Waals surface area contributed by atoms with E-state index in [0.29, 0.717) is 6.42 Å². The molecule has 0 radical (unpaired) electrons. The Morgan fingerprint density at radius 2 is 1.93 bits per heavy atom. The molecule has 1 aromatic carbocycles. The van der Waals surface area contributed by atoms with Gasteiger partial charge >= 0.3 is 0 Å². The molecule has 0 amide bonds. The van der Waals surface area contributed by atoms with Crippen LogP contribution in [-0.2, 0) is 6.42 Å². The second-order valence-electron chi connectivity index (χ2n) is 3.39. The van der Waals surface area contributed by atoms with Crippen LogP contribution in [0.4, 0.5) is 0 Å². The Morgan fingerprint density at radius 3 is 2.47 bits per heavy atom. The zero-order chi connectivity index (χ0) is 11.1. The normalized spacial score (nSPS) is 11.7. The van der Waals surface area contributed by atoms with Crippen LogP contribution in [-0.4, -0.2) is 22.9 Å². The Bertz CT molecular complexity index is 343. The summed E-state index contributed by atoms with van der Waals surface area (Å²) in [5, 5.41) is 17.6. The Morgan fingerprint density at radius 1 is 1.27 bits per heavy atom. The Labute approximate surface area is 90.6 Å². The number of aliphatic hydroxyl groups excluding tert-OH is 2. The second-order valence-corrected chi connectivity index (χ2v) is 3.39. The summed E-state index contributed by atoms with van der Waals surface area (Å²) in [5.74, 6) is 5.77. The van der Waals surface area contributed by atoms with E-state index in [9.17, 15) is 0 Å². The topological polar surface area (TPSA) is 40.5 Å². The molecular formula is C13H16O2. The van der Waals surface area contributed by atoms with Crippen LogP contribution >= 0.6 is 0 Å². The molecule has 2 nitrogen and oxygen atoms in total. The molecular weight excluding hydrogens is 188 g/mol. The molecule has 0 aliphatic rings. The van der Waals surface area contributed by atoms with Crippen molar-refractivity contribution in [2.24, 2.45) is 0 Å². The van der Waals surface area contributed by atoms with Crippen LogP contribution in [0.3, 0.4) is 0 Å². The fraction of sp³-hybridized carbons (Fsp3) is 0.385. The summed E-state index contributed by atoms with van der Waals surface area (Å²) in [5.41, 5.74) is 2.23. The first-order chi connectivity index (χ1) is 7.26. The number of rotatable bonds is 3. The standard InChI is InChI=1S/C13H16O2/c1-2-11-6-8-12(9-7-11)4-3-5-13(15)10-14/h6-9,13-15H,2,5,10H2,1H3. The smallest absolute Gasteiger partial charge is 0.0879 e.